The number of carbonyl (C=O) groups excluding carboxylic acids is 1. The van der Waals surface area contributed by atoms with Crippen molar-refractivity contribution in [3.05, 3.63) is 20.1 Å². The molecule has 0 atom stereocenters. The lowest BCUT2D eigenvalue weighted by Gasteiger charge is -2.40. The molecule has 1 aromatic heterocycles. The minimum absolute atomic E-state index is 0.00940. The molecule has 25 heavy (non-hydrogen) atoms. The van der Waals surface area contributed by atoms with Crippen LogP contribution in [-0.4, -0.2) is 40.9 Å². The molecule has 0 aliphatic carbocycles. The Morgan fingerprint density at radius 1 is 1.40 bits per heavy atom. The first-order valence-corrected chi connectivity index (χ1v) is 9.52. The van der Waals surface area contributed by atoms with Gasteiger partial charge in [-0.25, -0.2) is 9.78 Å². The van der Waals surface area contributed by atoms with E-state index in [9.17, 15) is 9.59 Å². The topological polar surface area (TPSA) is 76.5 Å². The van der Waals surface area contributed by atoms with Crippen molar-refractivity contribution in [3.63, 3.8) is 0 Å². The molecule has 1 N–H and O–H groups in total. The van der Waals surface area contributed by atoms with E-state index in [-0.39, 0.29) is 17.1 Å². The van der Waals surface area contributed by atoms with Gasteiger partial charge in [0.15, 0.2) is 0 Å². The van der Waals surface area contributed by atoms with Crippen LogP contribution in [0.15, 0.2) is 11.0 Å². The maximum atomic E-state index is 12.1. The minimum Gasteiger partial charge on any atom is -0.444 e. The number of alkyl carbamates (subject to hydrolysis) is 1. The summed E-state index contributed by atoms with van der Waals surface area (Å²) in [4.78, 5) is 30.5. The smallest absolute Gasteiger partial charge is 0.407 e. The number of amides is 1. The van der Waals surface area contributed by atoms with Crippen LogP contribution in [0.25, 0.3) is 0 Å². The lowest BCUT2D eigenvalue weighted by atomic mass is 9.80. The monoisotopic (exact) mass is 462 g/mol. The number of hydrogen-bond donors (Lipinski definition) is 1. The molecule has 1 amide bonds. The third-order valence-electron chi connectivity index (χ3n) is 4.41. The number of ether oxygens (including phenoxy) is 1. The summed E-state index contributed by atoms with van der Waals surface area (Å²) in [7, 11) is 1.75. The van der Waals surface area contributed by atoms with Crippen LogP contribution in [0.5, 0.6) is 0 Å². The van der Waals surface area contributed by atoms with Gasteiger partial charge in [-0.2, -0.15) is 0 Å². The maximum Gasteiger partial charge on any atom is 0.407 e. The highest BCUT2D eigenvalue weighted by molar-refractivity contribution is 14.1. The number of carbonyl (C=O) groups is 1. The summed E-state index contributed by atoms with van der Waals surface area (Å²) >= 11 is 2.00. The number of anilines is 1. The van der Waals surface area contributed by atoms with Crippen molar-refractivity contribution in [2.75, 3.05) is 24.5 Å². The summed E-state index contributed by atoms with van der Waals surface area (Å²) in [5.74, 6) is 0.701. The van der Waals surface area contributed by atoms with E-state index in [4.69, 9.17) is 4.74 Å². The van der Waals surface area contributed by atoms with Gasteiger partial charge in [0, 0.05) is 32.9 Å². The predicted octanol–water partition coefficient (Wildman–Crippen LogP) is 2.52. The second kappa shape index (κ2) is 7.51. The van der Waals surface area contributed by atoms with Crippen LogP contribution >= 0.6 is 22.6 Å². The lowest BCUT2D eigenvalue weighted by molar-refractivity contribution is 0.0495. The van der Waals surface area contributed by atoms with E-state index in [1.54, 1.807) is 17.8 Å². The molecule has 140 valence electrons. The first-order chi connectivity index (χ1) is 11.5. The van der Waals surface area contributed by atoms with Crippen molar-refractivity contribution in [2.45, 2.75) is 46.1 Å². The van der Waals surface area contributed by atoms with E-state index in [1.807, 2.05) is 43.4 Å². The van der Waals surface area contributed by atoms with Crippen LogP contribution in [0.3, 0.4) is 0 Å². The van der Waals surface area contributed by atoms with Gasteiger partial charge in [-0.15, -0.1) is 0 Å². The van der Waals surface area contributed by atoms with Crippen LogP contribution in [0.2, 0.25) is 0 Å². The van der Waals surface area contributed by atoms with Gasteiger partial charge >= 0.3 is 6.09 Å². The summed E-state index contributed by atoms with van der Waals surface area (Å²) in [6, 6.07) is 0. The number of nitrogens with one attached hydrogen (secondary N) is 1. The van der Waals surface area contributed by atoms with Gasteiger partial charge in [-0.3, -0.25) is 9.36 Å². The largest absolute Gasteiger partial charge is 0.444 e. The lowest BCUT2D eigenvalue weighted by Crippen LogP contribution is -2.47. The number of halogens is 1. The SMILES string of the molecule is Cn1c(N2CCC(C)(CNC(=O)OC(C)(C)C)CC2)ncc(I)c1=O. The zero-order valence-corrected chi connectivity index (χ0v) is 17.7. The first kappa shape index (κ1) is 20.0. The third kappa shape index (κ3) is 5.32. The molecule has 2 heterocycles. The van der Waals surface area contributed by atoms with Crippen molar-refractivity contribution in [2.24, 2.45) is 12.5 Å². The Labute approximate surface area is 162 Å². The second-order valence-electron chi connectivity index (χ2n) is 7.92. The number of piperidine rings is 1. The normalized spacial score (nSPS) is 17.3. The number of nitrogens with zero attached hydrogens (tertiary/aromatic N) is 3. The van der Waals surface area contributed by atoms with Gasteiger partial charge in [0.05, 0.1) is 3.57 Å². The molecule has 2 rings (SSSR count). The Bertz CT molecular complexity index is 688. The zero-order chi connectivity index (χ0) is 18.8. The molecule has 1 aliphatic heterocycles. The molecular formula is C17H27IN4O3. The Hall–Kier alpha value is -1.32. The molecule has 0 saturated carbocycles. The van der Waals surface area contributed by atoms with Gasteiger partial charge in [0.25, 0.3) is 5.56 Å². The van der Waals surface area contributed by atoms with Gasteiger partial charge < -0.3 is 15.0 Å². The fourth-order valence-electron chi connectivity index (χ4n) is 2.82. The van der Waals surface area contributed by atoms with Gasteiger partial charge in [0.2, 0.25) is 5.95 Å². The fourth-order valence-corrected chi connectivity index (χ4v) is 3.33. The van der Waals surface area contributed by atoms with Gasteiger partial charge in [0.1, 0.15) is 5.60 Å². The molecule has 0 unspecified atom stereocenters. The molecule has 7 nitrogen and oxygen atoms in total. The highest BCUT2D eigenvalue weighted by atomic mass is 127. The number of aromatic nitrogens is 2. The van der Waals surface area contributed by atoms with Crippen molar-refractivity contribution in [1.29, 1.82) is 0 Å². The number of rotatable bonds is 3. The Morgan fingerprint density at radius 3 is 2.56 bits per heavy atom. The summed E-state index contributed by atoms with van der Waals surface area (Å²) in [5.41, 5.74) is -0.504. The zero-order valence-electron chi connectivity index (χ0n) is 15.6. The molecule has 1 saturated heterocycles. The Morgan fingerprint density at radius 2 is 2.00 bits per heavy atom. The average molecular weight is 462 g/mol. The third-order valence-corrected chi connectivity index (χ3v) is 5.15. The molecule has 8 heteroatoms. The van der Waals surface area contributed by atoms with E-state index < -0.39 is 5.60 Å². The standard InChI is InChI=1S/C17H27IN4O3/c1-16(2,3)25-15(24)20-11-17(4)6-8-22(9-7-17)14-19-10-12(18)13(23)21(14)5/h10H,6-9,11H2,1-5H3,(H,20,24). The van der Waals surface area contributed by atoms with Crippen LogP contribution < -0.4 is 15.8 Å². The molecule has 0 bridgehead atoms. The van der Waals surface area contributed by atoms with E-state index in [2.05, 4.69) is 22.1 Å². The average Bonchev–Trinajstić information content (AvgIpc) is 2.51. The molecule has 0 spiro atoms. The van der Waals surface area contributed by atoms with E-state index in [1.165, 1.54) is 0 Å². The van der Waals surface area contributed by atoms with Crippen LogP contribution in [0.4, 0.5) is 10.7 Å². The predicted molar refractivity (Wildman–Crippen MR) is 106 cm³/mol. The minimum atomic E-state index is -0.490. The highest BCUT2D eigenvalue weighted by Crippen LogP contribution is 2.31. The Kier molecular flexibility index (Phi) is 6.01. The molecule has 1 aromatic rings. The fraction of sp³-hybridized carbons (Fsp3) is 0.706. The van der Waals surface area contributed by atoms with Crippen LogP contribution in [0.1, 0.15) is 40.5 Å². The van der Waals surface area contributed by atoms with E-state index >= 15 is 0 Å². The summed E-state index contributed by atoms with van der Waals surface area (Å²) in [6.07, 6.45) is 3.06. The molecule has 0 aromatic carbocycles. The van der Waals surface area contributed by atoms with Gasteiger partial charge in [-0.1, -0.05) is 6.92 Å². The first-order valence-electron chi connectivity index (χ1n) is 8.44. The maximum absolute atomic E-state index is 12.1. The van der Waals surface area contributed by atoms with Crippen molar-refractivity contribution in [3.8, 4) is 0 Å². The molecular weight excluding hydrogens is 435 g/mol. The summed E-state index contributed by atoms with van der Waals surface area (Å²) in [6.45, 7) is 9.90. The molecule has 1 fully saturated rings. The van der Waals surface area contributed by atoms with Crippen LogP contribution in [0, 0.1) is 8.99 Å². The summed E-state index contributed by atoms with van der Waals surface area (Å²) < 4.78 is 7.51. The van der Waals surface area contributed by atoms with Crippen molar-refractivity contribution >= 4 is 34.6 Å². The number of hydrogen-bond acceptors (Lipinski definition) is 5. The summed E-state index contributed by atoms with van der Waals surface area (Å²) in [5, 5.41) is 2.88. The van der Waals surface area contributed by atoms with Crippen LogP contribution in [-0.2, 0) is 11.8 Å². The van der Waals surface area contributed by atoms with E-state index in [0.29, 0.717) is 16.1 Å². The quantitative estimate of drug-likeness (QED) is 0.699. The molecule has 1 aliphatic rings. The van der Waals surface area contributed by atoms with E-state index in [0.717, 1.165) is 25.9 Å². The Balaban J connectivity index is 1.93. The highest BCUT2D eigenvalue weighted by Gasteiger charge is 2.32. The van der Waals surface area contributed by atoms with Crippen molar-refractivity contribution < 1.29 is 9.53 Å². The van der Waals surface area contributed by atoms with Gasteiger partial charge in [-0.05, 0) is 61.6 Å². The van der Waals surface area contributed by atoms with Crippen molar-refractivity contribution in [1.82, 2.24) is 14.9 Å². The second-order valence-corrected chi connectivity index (χ2v) is 9.09. The molecule has 0 radical (unpaired) electrons.